The van der Waals surface area contributed by atoms with Gasteiger partial charge in [-0.05, 0) is 12.5 Å². The molecule has 1 aliphatic rings. The summed E-state index contributed by atoms with van der Waals surface area (Å²) in [5, 5.41) is 13.5. The van der Waals surface area contributed by atoms with E-state index in [2.05, 4.69) is 69.3 Å². The zero-order chi connectivity index (χ0) is 26.6. The third-order valence-electron chi connectivity index (χ3n) is 6.84. The number of amides is 2. The van der Waals surface area contributed by atoms with E-state index < -0.39 is 13.2 Å². The molecule has 3 aromatic rings. The van der Waals surface area contributed by atoms with Gasteiger partial charge < -0.3 is 9.33 Å². The van der Waals surface area contributed by atoms with E-state index >= 15 is 0 Å². The van der Waals surface area contributed by atoms with Gasteiger partial charge in [0.05, 0.1) is 24.0 Å². The van der Waals surface area contributed by atoms with Gasteiger partial charge in [0.15, 0.2) is 0 Å². The third-order valence-corrected chi connectivity index (χ3v) is 12.2. The molecule has 9 heteroatoms. The SMILES string of the molecule is CC(C)(C)[Si-](OCCN1CCCN(c2ccc([N+](=O)[O-])cc2Cl)C1=O)(c1ccccc1)c1ccccc1. The molecule has 0 atom stereocenters. The van der Waals surface area contributed by atoms with E-state index in [9.17, 15) is 14.9 Å². The summed E-state index contributed by atoms with van der Waals surface area (Å²) in [6.07, 6.45) is 0.762. The zero-order valence-corrected chi connectivity index (χ0v) is 23.1. The number of nitrogens with zero attached hydrogens (tertiary/aromatic N) is 3. The van der Waals surface area contributed by atoms with Crippen molar-refractivity contribution in [3.63, 3.8) is 0 Å². The standard InChI is InChI=1S/C28H32ClN3O4Si/c1-28(2,3)37(23-11-6-4-7-12-23,24-13-8-5-9-14-24)36-20-19-30-17-10-18-31(27(30)33)26-16-15-22(32(34)35)21-25(26)29/h4-9,11-16,21H,10,17-20H2,1-3H3/q-1. The van der Waals surface area contributed by atoms with Crippen LogP contribution >= 0.6 is 11.6 Å². The lowest BCUT2D eigenvalue weighted by molar-refractivity contribution is -0.384. The van der Waals surface area contributed by atoms with Gasteiger partial charge in [-0.25, -0.2) is 4.79 Å². The number of anilines is 1. The molecule has 0 N–H and O–H groups in total. The lowest BCUT2D eigenvalue weighted by Gasteiger charge is -2.55. The molecule has 0 unspecified atom stereocenters. The van der Waals surface area contributed by atoms with E-state index in [4.69, 9.17) is 16.0 Å². The highest BCUT2D eigenvalue weighted by Crippen LogP contribution is 2.37. The van der Waals surface area contributed by atoms with Gasteiger partial charge in [0.2, 0.25) is 0 Å². The van der Waals surface area contributed by atoms with E-state index in [-0.39, 0.29) is 21.8 Å². The quantitative estimate of drug-likeness (QED) is 0.217. The van der Waals surface area contributed by atoms with Crippen molar-refractivity contribution in [2.75, 3.05) is 31.1 Å². The van der Waals surface area contributed by atoms with Crippen LogP contribution in [-0.4, -0.2) is 50.4 Å². The number of rotatable bonds is 8. The highest BCUT2D eigenvalue weighted by atomic mass is 35.5. The first kappa shape index (κ1) is 26.8. The van der Waals surface area contributed by atoms with E-state index in [1.807, 2.05) is 12.1 Å². The highest BCUT2D eigenvalue weighted by Gasteiger charge is 2.37. The summed E-state index contributed by atoms with van der Waals surface area (Å²) in [4.78, 5) is 27.4. The second kappa shape index (κ2) is 11.0. The van der Waals surface area contributed by atoms with Gasteiger partial charge in [-0.15, -0.1) is 5.04 Å². The molecule has 1 heterocycles. The average Bonchev–Trinajstić information content (AvgIpc) is 2.88. The Labute approximate surface area is 223 Å². The number of nitro groups is 1. The van der Waals surface area contributed by atoms with Gasteiger partial charge in [0.25, 0.3) is 5.69 Å². The number of nitro benzene ring substituents is 1. The molecule has 1 saturated heterocycles. The molecule has 2 amide bonds. The molecule has 1 aliphatic heterocycles. The summed E-state index contributed by atoms with van der Waals surface area (Å²) in [5.41, 5.74) is 0.378. The van der Waals surface area contributed by atoms with Gasteiger partial charge in [-0.3, -0.25) is 15.0 Å². The van der Waals surface area contributed by atoms with Crippen LogP contribution in [0.3, 0.4) is 0 Å². The Morgan fingerprint density at radius 3 is 2.08 bits per heavy atom. The molecule has 0 spiro atoms. The second-order valence-corrected chi connectivity index (χ2v) is 14.9. The van der Waals surface area contributed by atoms with Crippen LogP contribution in [-0.2, 0) is 4.43 Å². The smallest absolute Gasteiger partial charge is 0.324 e. The number of carbonyl (C=O) groups is 1. The van der Waals surface area contributed by atoms with Crippen molar-refractivity contribution in [1.29, 1.82) is 0 Å². The predicted octanol–water partition coefficient (Wildman–Crippen LogP) is 5.46. The molecule has 0 aromatic heterocycles. The van der Waals surface area contributed by atoms with E-state index in [1.165, 1.54) is 22.5 Å². The number of hydrogen-bond acceptors (Lipinski definition) is 4. The Balaban J connectivity index is 1.56. The molecule has 0 bridgehead atoms. The number of benzene rings is 3. The summed E-state index contributed by atoms with van der Waals surface area (Å²) < 4.78 is 6.95. The summed E-state index contributed by atoms with van der Waals surface area (Å²) in [7, 11) is -2.70. The van der Waals surface area contributed by atoms with Gasteiger partial charge in [-0.1, -0.05) is 93.0 Å². The topological polar surface area (TPSA) is 75.9 Å². The van der Waals surface area contributed by atoms with Crippen LogP contribution in [0, 0.1) is 10.1 Å². The molecule has 0 saturated carbocycles. The third kappa shape index (κ3) is 5.41. The van der Waals surface area contributed by atoms with Gasteiger partial charge >= 0.3 is 6.03 Å². The number of halogens is 1. The maximum atomic E-state index is 13.4. The predicted molar refractivity (Wildman–Crippen MR) is 151 cm³/mol. The summed E-state index contributed by atoms with van der Waals surface area (Å²) in [6.45, 7) is 8.62. The van der Waals surface area contributed by atoms with Crippen LogP contribution in [0.25, 0.3) is 0 Å². The molecule has 195 valence electrons. The van der Waals surface area contributed by atoms with Gasteiger partial charge in [0.1, 0.15) is 0 Å². The monoisotopic (exact) mass is 537 g/mol. The Bertz CT molecular complexity index is 1210. The van der Waals surface area contributed by atoms with Crippen LogP contribution in [0.2, 0.25) is 10.1 Å². The van der Waals surface area contributed by atoms with Crippen molar-refractivity contribution in [2.24, 2.45) is 0 Å². The molecular formula is C28H32ClN3O4Si-. The van der Waals surface area contributed by atoms with Crippen molar-refractivity contribution in [2.45, 2.75) is 32.2 Å². The van der Waals surface area contributed by atoms with Crippen molar-refractivity contribution in [3.8, 4) is 0 Å². The fourth-order valence-electron chi connectivity index (χ4n) is 5.11. The van der Waals surface area contributed by atoms with Crippen molar-refractivity contribution in [3.05, 3.63) is 94.0 Å². The minimum atomic E-state index is -2.70. The van der Waals surface area contributed by atoms with Crippen molar-refractivity contribution >= 4 is 47.7 Å². The largest absolute Gasteiger partial charge is 0.557 e. The first-order valence-electron chi connectivity index (χ1n) is 12.4. The first-order chi connectivity index (χ1) is 17.6. The molecule has 0 radical (unpaired) electrons. The van der Waals surface area contributed by atoms with E-state index in [1.54, 1.807) is 15.9 Å². The second-order valence-electron chi connectivity index (χ2n) is 10.2. The molecule has 7 nitrogen and oxygen atoms in total. The van der Waals surface area contributed by atoms with Crippen molar-refractivity contribution < 1.29 is 14.1 Å². The average molecular weight is 538 g/mol. The Hall–Kier alpha value is -3.20. The Kier molecular flexibility index (Phi) is 8.01. The Morgan fingerprint density at radius 1 is 0.973 bits per heavy atom. The van der Waals surface area contributed by atoms with Crippen molar-refractivity contribution in [1.82, 2.24) is 4.90 Å². The molecule has 3 aromatic carbocycles. The first-order valence-corrected chi connectivity index (χ1v) is 14.7. The van der Waals surface area contributed by atoms with Crippen LogP contribution in [0.4, 0.5) is 16.2 Å². The van der Waals surface area contributed by atoms with E-state index in [0.29, 0.717) is 31.9 Å². The van der Waals surface area contributed by atoms with E-state index in [0.717, 1.165) is 6.42 Å². The number of hydrogen-bond donors (Lipinski definition) is 0. The zero-order valence-electron chi connectivity index (χ0n) is 21.4. The molecular weight excluding hydrogens is 506 g/mol. The summed E-state index contributed by atoms with van der Waals surface area (Å²) in [5.74, 6) is 0. The lowest BCUT2D eigenvalue weighted by Crippen LogP contribution is -2.67. The number of urea groups is 1. The summed E-state index contributed by atoms with van der Waals surface area (Å²) in [6, 6.07) is 24.9. The summed E-state index contributed by atoms with van der Waals surface area (Å²) >= 11 is 6.33. The van der Waals surface area contributed by atoms with Crippen LogP contribution in [0.5, 0.6) is 0 Å². The fraction of sp³-hybridized carbons (Fsp3) is 0.321. The van der Waals surface area contributed by atoms with Crippen LogP contribution in [0.15, 0.2) is 78.9 Å². The molecule has 4 rings (SSSR count). The molecule has 37 heavy (non-hydrogen) atoms. The maximum Gasteiger partial charge on any atom is 0.324 e. The van der Waals surface area contributed by atoms with Crippen LogP contribution < -0.4 is 15.3 Å². The minimum absolute atomic E-state index is 0.103. The normalized spacial score (nSPS) is 14.6. The minimum Gasteiger partial charge on any atom is -0.557 e. The molecule has 1 fully saturated rings. The maximum absolute atomic E-state index is 13.4. The highest BCUT2D eigenvalue weighted by molar-refractivity contribution is 6.99. The number of non-ortho nitro benzene ring substituents is 1. The van der Waals surface area contributed by atoms with Crippen LogP contribution in [0.1, 0.15) is 27.2 Å². The molecule has 0 aliphatic carbocycles. The number of carbonyl (C=O) groups excluding carboxylic acids is 1. The lowest BCUT2D eigenvalue weighted by atomic mass is 10.2. The van der Waals surface area contributed by atoms with Gasteiger partial charge in [-0.2, -0.15) is 10.4 Å². The Morgan fingerprint density at radius 2 is 1.57 bits per heavy atom. The van der Waals surface area contributed by atoms with Gasteiger partial charge in [0, 0.05) is 38.4 Å². The fourth-order valence-corrected chi connectivity index (χ4v) is 9.94.